The van der Waals surface area contributed by atoms with Gasteiger partial charge in [-0.05, 0) is 19.2 Å². The fraction of sp³-hybridized carbons (Fsp3) is 0.364. The highest BCUT2D eigenvalue weighted by molar-refractivity contribution is 5.21. The SMILES string of the molecule is CNN[C@H](N)C(CC#N)Oc1ccccc1. The lowest BCUT2D eigenvalue weighted by molar-refractivity contribution is 0.152. The summed E-state index contributed by atoms with van der Waals surface area (Å²) >= 11 is 0. The summed E-state index contributed by atoms with van der Waals surface area (Å²) in [6.07, 6.45) is -0.602. The van der Waals surface area contributed by atoms with E-state index in [-0.39, 0.29) is 12.5 Å². The summed E-state index contributed by atoms with van der Waals surface area (Å²) in [5, 5.41) is 8.70. The molecule has 2 atom stereocenters. The van der Waals surface area contributed by atoms with Gasteiger partial charge in [0.2, 0.25) is 0 Å². The van der Waals surface area contributed by atoms with Crippen LogP contribution in [0.5, 0.6) is 5.75 Å². The van der Waals surface area contributed by atoms with Gasteiger partial charge >= 0.3 is 0 Å². The first-order chi connectivity index (χ1) is 7.77. The number of benzene rings is 1. The second-order valence-corrected chi connectivity index (χ2v) is 3.25. The average Bonchev–Trinajstić information content (AvgIpc) is 2.30. The van der Waals surface area contributed by atoms with Gasteiger partial charge < -0.3 is 10.5 Å². The zero-order valence-electron chi connectivity index (χ0n) is 9.18. The Balaban J connectivity index is 2.61. The van der Waals surface area contributed by atoms with Gasteiger partial charge in [0.1, 0.15) is 18.0 Å². The van der Waals surface area contributed by atoms with Crippen LogP contribution in [0.2, 0.25) is 0 Å². The monoisotopic (exact) mass is 220 g/mol. The first kappa shape index (κ1) is 12.5. The van der Waals surface area contributed by atoms with E-state index in [2.05, 4.69) is 16.9 Å². The van der Waals surface area contributed by atoms with Gasteiger partial charge in [-0.25, -0.2) is 5.43 Å². The van der Waals surface area contributed by atoms with E-state index in [4.69, 9.17) is 15.7 Å². The van der Waals surface area contributed by atoms with Gasteiger partial charge in [-0.1, -0.05) is 18.2 Å². The van der Waals surface area contributed by atoms with Crippen molar-refractivity contribution in [2.24, 2.45) is 5.73 Å². The highest BCUT2D eigenvalue weighted by atomic mass is 16.5. The first-order valence-electron chi connectivity index (χ1n) is 5.04. The summed E-state index contributed by atoms with van der Waals surface area (Å²) < 4.78 is 5.62. The number of hydrogen-bond acceptors (Lipinski definition) is 5. The molecule has 1 rings (SSSR count). The number of ether oxygens (including phenoxy) is 1. The molecule has 5 heteroatoms. The van der Waals surface area contributed by atoms with Crippen LogP contribution < -0.4 is 21.3 Å². The molecule has 0 saturated carbocycles. The number of rotatable bonds is 6. The summed E-state index contributed by atoms with van der Waals surface area (Å²) in [4.78, 5) is 0. The van der Waals surface area contributed by atoms with Crippen molar-refractivity contribution in [2.45, 2.75) is 18.7 Å². The highest BCUT2D eigenvalue weighted by Crippen LogP contribution is 2.13. The molecular formula is C11H16N4O. The molecule has 0 heterocycles. The fourth-order valence-corrected chi connectivity index (χ4v) is 1.27. The molecule has 1 aromatic carbocycles. The summed E-state index contributed by atoms with van der Waals surface area (Å²) in [6, 6.07) is 11.4. The lowest BCUT2D eigenvalue weighted by Gasteiger charge is -2.23. The van der Waals surface area contributed by atoms with Crippen LogP contribution in [0.4, 0.5) is 0 Å². The molecule has 0 amide bonds. The maximum atomic E-state index is 8.70. The maximum Gasteiger partial charge on any atom is 0.141 e. The number of nitrogens with zero attached hydrogens (tertiary/aromatic N) is 1. The van der Waals surface area contributed by atoms with E-state index in [1.807, 2.05) is 30.3 Å². The second-order valence-electron chi connectivity index (χ2n) is 3.25. The van der Waals surface area contributed by atoms with E-state index in [0.717, 1.165) is 0 Å². The van der Waals surface area contributed by atoms with Crippen LogP contribution in [0.15, 0.2) is 30.3 Å². The van der Waals surface area contributed by atoms with Gasteiger partial charge in [0, 0.05) is 0 Å². The van der Waals surface area contributed by atoms with Gasteiger partial charge in [-0.3, -0.25) is 5.43 Å². The Kier molecular flexibility index (Phi) is 5.29. The molecule has 4 N–H and O–H groups in total. The molecule has 0 aliphatic heterocycles. The van der Waals surface area contributed by atoms with Crippen molar-refractivity contribution in [3.8, 4) is 11.8 Å². The number of para-hydroxylation sites is 1. The predicted octanol–water partition coefficient (Wildman–Crippen LogP) is 0.356. The molecule has 0 saturated heterocycles. The lowest BCUT2D eigenvalue weighted by atomic mass is 10.2. The van der Waals surface area contributed by atoms with Crippen molar-refractivity contribution >= 4 is 0 Å². The van der Waals surface area contributed by atoms with Crippen molar-refractivity contribution in [3.05, 3.63) is 30.3 Å². The normalized spacial score (nSPS) is 13.8. The Morgan fingerprint density at radius 3 is 2.69 bits per heavy atom. The van der Waals surface area contributed by atoms with E-state index < -0.39 is 6.17 Å². The standard InChI is InChI=1S/C11H16N4O/c1-14-15-11(13)10(7-8-12)16-9-5-3-2-4-6-9/h2-6,10-11,14-15H,7,13H2,1H3/t10?,11-/m0/s1. The van der Waals surface area contributed by atoms with E-state index in [1.165, 1.54) is 0 Å². The summed E-state index contributed by atoms with van der Waals surface area (Å²) in [5.74, 6) is 0.705. The Labute approximate surface area is 95.2 Å². The number of hydrogen-bond donors (Lipinski definition) is 3. The minimum atomic E-state index is -0.440. The van der Waals surface area contributed by atoms with Crippen LogP contribution in [0.25, 0.3) is 0 Å². The predicted molar refractivity (Wildman–Crippen MR) is 61.3 cm³/mol. The smallest absolute Gasteiger partial charge is 0.141 e. The van der Waals surface area contributed by atoms with E-state index in [0.29, 0.717) is 5.75 Å². The Morgan fingerprint density at radius 1 is 1.44 bits per heavy atom. The van der Waals surface area contributed by atoms with Crippen molar-refractivity contribution in [1.29, 1.82) is 5.26 Å². The molecule has 0 radical (unpaired) electrons. The third-order valence-electron chi connectivity index (χ3n) is 2.03. The summed E-state index contributed by atoms with van der Waals surface area (Å²) in [6.45, 7) is 0. The van der Waals surface area contributed by atoms with Crippen LogP contribution in [0.3, 0.4) is 0 Å². The molecule has 0 bridgehead atoms. The molecule has 1 aromatic rings. The van der Waals surface area contributed by atoms with E-state index in [9.17, 15) is 0 Å². The zero-order chi connectivity index (χ0) is 11.8. The summed E-state index contributed by atoms with van der Waals surface area (Å²) in [5.41, 5.74) is 11.3. The average molecular weight is 220 g/mol. The Bertz CT molecular complexity index is 336. The summed E-state index contributed by atoms with van der Waals surface area (Å²) in [7, 11) is 1.71. The largest absolute Gasteiger partial charge is 0.486 e. The minimum absolute atomic E-state index is 0.227. The van der Waals surface area contributed by atoms with Crippen LogP contribution in [-0.2, 0) is 0 Å². The van der Waals surface area contributed by atoms with Gasteiger partial charge in [-0.2, -0.15) is 5.26 Å². The third kappa shape index (κ3) is 3.87. The minimum Gasteiger partial charge on any atom is -0.486 e. The fourth-order valence-electron chi connectivity index (χ4n) is 1.27. The highest BCUT2D eigenvalue weighted by Gasteiger charge is 2.18. The van der Waals surface area contributed by atoms with Crippen molar-refractivity contribution in [2.75, 3.05) is 7.05 Å². The van der Waals surface area contributed by atoms with Crippen molar-refractivity contribution in [1.82, 2.24) is 10.9 Å². The Morgan fingerprint density at radius 2 is 2.12 bits per heavy atom. The van der Waals surface area contributed by atoms with E-state index in [1.54, 1.807) is 7.05 Å². The second kappa shape index (κ2) is 6.80. The number of hydrazine groups is 1. The molecule has 86 valence electrons. The molecule has 0 aliphatic carbocycles. The third-order valence-corrected chi connectivity index (χ3v) is 2.03. The molecule has 5 nitrogen and oxygen atoms in total. The molecule has 0 fully saturated rings. The number of nitriles is 1. The quantitative estimate of drug-likeness (QED) is 0.476. The van der Waals surface area contributed by atoms with Crippen LogP contribution in [0, 0.1) is 11.3 Å². The number of nitrogens with one attached hydrogen (secondary N) is 2. The number of nitrogens with two attached hydrogens (primary N) is 1. The molecule has 16 heavy (non-hydrogen) atoms. The van der Waals surface area contributed by atoms with Gasteiger partial charge in [0.15, 0.2) is 0 Å². The van der Waals surface area contributed by atoms with Crippen LogP contribution >= 0.6 is 0 Å². The first-order valence-corrected chi connectivity index (χ1v) is 5.04. The molecule has 1 unspecified atom stereocenters. The molecular weight excluding hydrogens is 204 g/mol. The van der Waals surface area contributed by atoms with Crippen molar-refractivity contribution in [3.63, 3.8) is 0 Å². The maximum absolute atomic E-state index is 8.70. The Hall–Kier alpha value is -1.61. The van der Waals surface area contributed by atoms with Gasteiger partial charge in [0.05, 0.1) is 12.5 Å². The van der Waals surface area contributed by atoms with Crippen LogP contribution in [-0.4, -0.2) is 19.3 Å². The van der Waals surface area contributed by atoms with Gasteiger partial charge in [0.25, 0.3) is 0 Å². The van der Waals surface area contributed by atoms with Gasteiger partial charge in [-0.15, -0.1) is 0 Å². The molecule has 0 aromatic heterocycles. The topological polar surface area (TPSA) is 83.1 Å². The lowest BCUT2D eigenvalue weighted by Crippen LogP contribution is -2.53. The zero-order valence-corrected chi connectivity index (χ0v) is 9.18. The van der Waals surface area contributed by atoms with Crippen LogP contribution in [0.1, 0.15) is 6.42 Å². The molecule has 0 spiro atoms. The van der Waals surface area contributed by atoms with Crippen molar-refractivity contribution < 1.29 is 4.74 Å². The van der Waals surface area contributed by atoms with E-state index >= 15 is 0 Å². The molecule has 0 aliphatic rings.